The molecule has 0 saturated carbocycles. The monoisotopic (exact) mass is 352 g/mol. The van der Waals surface area contributed by atoms with Crippen LogP contribution >= 0.6 is 15.9 Å². The van der Waals surface area contributed by atoms with Gasteiger partial charge in [0, 0.05) is 11.8 Å². The zero-order valence-electron chi connectivity index (χ0n) is 10.9. The summed E-state index contributed by atoms with van der Waals surface area (Å²) in [5.74, 6) is -1.24. The summed E-state index contributed by atoms with van der Waals surface area (Å²) in [5.41, 5.74) is 0.893. The number of carbonyl (C=O) groups is 1. The lowest BCUT2D eigenvalue weighted by Crippen LogP contribution is -2.14. The van der Waals surface area contributed by atoms with E-state index in [4.69, 9.17) is 0 Å². The van der Waals surface area contributed by atoms with E-state index < -0.39 is 16.6 Å². The minimum atomic E-state index is -0.626. The van der Waals surface area contributed by atoms with Crippen LogP contribution in [-0.2, 0) is 0 Å². The Hall–Kier alpha value is -2.28. The molecular formula is C14H10BrFN2O3. The molecule has 0 aliphatic heterocycles. The molecule has 0 atom stereocenters. The predicted octanol–water partition coefficient (Wildman–Crippen LogP) is 4.06. The minimum absolute atomic E-state index is 0.0792. The summed E-state index contributed by atoms with van der Waals surface area (Å²) in [4.78, 5) is 22.2. The van der Waals surface area contributed by atoms with Gasteiger partial charge in [0.25, 0.3) is 11.6 Å². The minimum Gasteiger partial charge on any atom is -0.322 e. The fraction of sp³-hybridized carbons (Fsp3) is 0.0714. The number of amides is 1. The van der Waals surface area contributed by atoms with E-state index in [0.29, 0.717) is 5.69 Å². The lowest BCUT2D eigenvalue weighted by atomic mass is 10.1. The second kappa shape index (κ2) is 6.01. The summed E-state index contributed by atoms with van der Waals surface area (Å²) in [6.07, 6.45) is 0. The molecule has 108 valence electrons. The summed E-state index contributed by atoms with van der Waals surface area (Å²) in [7, 11) is 0. The Morgan fingerprint density at radius 1 is 1.29 bits per heavy atom. The highest BCUT2D eigenvalue weighted by atomic mass is 79.9. The number of hydrogen-bond acceptors (Lipinski definition) is 3. The van der Waals surface area contributed by atoms with E-state index in [1.807, 2.05) is 0 Å². The molecule has 7 heteroatoms. The maximum absolute atomic E-state index is 13.6. The first kappa shape index (κ1) is 15.1. The molecule has 1 N–H and O–H groups in total. The number of benzene rings is 2. The molecule has 0 spiro atoms. The van der Waals surface area contributed by atoms with E-state index in [-0.39, 0.29) is 15.7 Å². The van der Waals surface area contributed by atoms with Crippen LogP contribution in [-0.4, -0.2) is 10.8 Å². The fourth-order valence-corrected chi connectivity index (χ4v) is 2.27. The summed E-state index contributed by atoms with van der Waals surface area (Å²) in [6.45, 7) is 1.75. The largest absolute Gasteiger partial charge is 0.322 e. The number of anilines is 1. The third kappa shape index (κ3) is 3.43. The van der Waals surface area contributed by atoms with Crippen molar-refractivity contribution >= 4 is 33.2 Å². The molecule has 0 aliphatic rings. The van der Waals surface area contributed by atoms with Crippen LogP contribution in [0, 0.1) is 22.9 Å². The number of carbonyl (C=O) groups excluding carboxylic acids is 1. The van der Waals surface area contributed by atoms with Crippen LogP contribution in [0.3, 0.4) is 0 Å². The third-order valence-electron chi connectivity index (χ3n) is 2.77. The number of hydrogen-bond donors (Lipinski definition) is 1. The molecule has 0 unspecified atom stereocenters. The maximum Gasteiger partial charge on any atom is 0.283 e. The number of nitrogens with one attached hydrogen (secondary N) is 1. The molecule has 0 aliphatic carbocycles. The van der Waals surface area contributed by atoms with Gasteiger partial charge in [-0.1, -0.05) is 11.6 Å². The summed E-state index contributed by atoms with van der Waals surface area (Å²) in [5, 5.41) is 13.2. The molecular weight excluding hydrogens is 343 g/mol. The molecule has 1 amide bonds. The van der Waals surface area contributed by atoms with Crippen molar-refractivity contribution in [2.24, 2.45) is 0 Å². The first-order valence-corrected chi connectivity index (χ1v) is 6.69. The standard InChI is InChI=1S/C14H10BrFN2O3/c1-8-2-4-12(16)10(6-8)14(19)17-9-3-5-13(18(20)21)11(15)7-9/h2-7H,1H3,(H,17,19). The number of nitrogens with zero attached hydrogens (tertiary/aromatic N) is 1. The second-order valence-corrected chi connectivity index (χ2v) is 5.22. The smallest absolute Gasteiger partial charge is 0.283 e. The van der Waals surface area contributed by atoms with E-state index in [9.17, 15) is 19.3 Å². The summed E-state index contributed by atoms with van der Waals surface area (Å²) < 4.78 is 13.8. The topological polar surface area (TPSA) is 72.2 Å². The van der Waals surface area contributed by atoms with Crippen LogP contribution in [0.2, 0.25) is 0 Å². The van der Waals surface area contributed by atoms with E-state index in [2.05, 4.69) is 21.2 Å². The van der Waals surface area contributed by atoms with E-state index >= 15 is 0 Å². The number of rotatable bonds is 3. The van der Waals surface area contributed by atoms with E-state index in [1.54, 1.807) is 13.0 Å². The zero-order chi connectivity index (χ0) is 15.6. The van der Waals surface area contributed by atoms with E-state index in [0.717, 1.165) is 5.56 Å². The zero-order valence-corrected chi connectivity index (χ0v) is 12.5. The molecule has 0 radical (unpaired) electrons. The predicted molar refractivity (Wildman–Crippen MR) is 79.9 cm³/mol. The number of aryl methyl sites for hydroxylation is 1. The molecule has 0 aromatic heterocycles. The van der Waals surface area contributed by atoms with Crippen LogP contribution in [0.25, 0.3) is 0 Å². The van der Waals surface area contributed by atoms with Crippen molar-refractivity contribution < 1.29 is 14.1 Å². The lowest BCUT2D eigenvalue weighted by Gasteiger charge is -2.07. The van der Waals surface area contributed by atoms with Crippen molar-refractivity contribution in [3.63, 3.8) is 0 Å². The van der Waals surface area contributed by atoms with E-state index in [1.165, 1.54) is 30.3 Å². The number of nitro benzene ring substituents is 1. The average Bonchev–Trinajstić information content (AvgIpc) is 2.41. The van der Waals surface area contributed by atoms with Gasteiger partial charge in [-0.05, 0) is 47.1 Å². The third-order valence-corrected chi connectivity index (χ3v) is 3.40. The summed E-state index contributed by atoms with van der Waals surface area (Å²) >= 11 is 3.05. The van der Waals surface area contributed by atoms with Gasteiger partial charge in [0.05, 0.1) is 15.0 Å². The SMILES string of the molecule is Cc1ccc(F)c(C(=O)Nc2ccc([N+](=O)[O-])c(Br)c2)c1. The average molecular weight is 353 g/mol. The second-order valence-electron chi connectivity index (χ2n) is 4.36. The van der Waals surface area contributed by atoms with Gasteiger partial charge in [-0.25, -0.2) is 4.39 Å². The van der Waals surface area contributed by atoms with Crippen molar-refractivity contribution in [1.29, 1.82) is 0 Å². The van der Waals surface area contributed by atoms with Crippen molar-refractivity contribution in [3.05, 3.63) is 67.9 Å². The molecule has 2 aromatic rings. The van der Waals surface area contributed by atoms with Gasteiger partial charge in [0.2, 0.25) is 0 Å². The first-order valence-electron chi connectivity index (χ1n) is 5.90. The molecule has 0 saturated heterocycles. The number of nitro groups is 1. The molecule has 0 fully saturated rings. The van der Waals surface area contributed by atoms with Crippen LogP contribution in [0.5, 0.6) is 0 Å². The Morgan fingerprint density at radius 2 is 2.00 bits per heavy atom. The van der Waals surface area contributed by atoms with Crippen molar-refractivity contribution in [2.45, 2.75) is 6.92 Å². The highest BCUT2D eigenvalue weighted by Crippen LogP contribution is 2.28. The van der Waals surface area contributed by atoms with Crippen molar-refractivity contribution in [1.82, 2.24) is 0 Å². The van der Waals surface area contributed by atoms with Crippen molar-refractivity contribution in [3.8, 4) is 0 Å². The summed E-state index contributed by atoms with van der Waals surface area (Å²) in [6, 6.07) is 8.25. The van der Waals surface area contributed by atoms with Gasteiger partial charge in [-0.15, -0.1) is 0 Å². The van der Waals surface area contributed by atoms with Crippen LogP contribution in [0.15, 0.2) is 40.9 Å². The van der Waals surface area contributed by atoms with Gasteiger partial charge in [-0.2, -0.15) is 0 Å². The highest BCUT2D eigenvalue weighted by Gasteiger charge is 2.15. The normalized spacial score (nSPS) is 10.2. The van der Waals surface area contributed by atoms with Crippen molar-refractivity contribution in [2.75, 3.05) is 5.32 Å². The fourth-order valence-electron chi connectivity index (χ4n) is 1.74. The molecule has 5 nitrogen and oxygen atoms in total. The molecule has 21 heavy (non-hydrogen) atoms. The molecule has 2 aromatic carbocycles. The van der Waals surface area contributed by atoms with Gasteiger partial charge in [0.15, 0.2) is 0 Å². The highest BCUT2D eigenvalue weighted by molar-refractivity contribution is 9.10. The Kier molecular flexibility index (Phi) is 4.32. The quantitative estimate of drug-likeness (QED) is 0.668. The molecule has 2 rings (SSSR count). The van der Waals surface area contributed by atoms with Crippen LogP contribution < -0.4 is 5.32 Å². The van der Waals surface area contributed by atoms with Crippen LogP contribution in [0.1, 0.15) is 15.9 Å². The van der Waals surface area contributed by atoms with Crippen LogP contribution in [0.4, 0.5) is 15.8 Å². The van der Waals surface area contributed by atoms with Gasteiger partial charge < -0.3 is 5.32 Å². The molecule has 0 heterocycles. The van der Waals surface area contributed by atoms with Gasteiger partial charge in [-0.3, -0.25) is 14.9 Å². The first-order chi connectivity index (χ1) is 9.88. The Bertz CT molecular complexity index is 734. The molecule has 0 bridgehead atoms. The Morgan fingerprint density at radius 3 is 2.62 bits per heavy atom. The van der Waals surface area contributed by atoms with Gasteiger partial charge in [0.1, 0.15) is 5.82 Å². The number of halogens is 2. The Balaban J connectivity index is 2.26. The Labute approximate surface area is 128 Å². The maximum atomic E-state index is 13.6. The lowest BCUT2D eigenvalue weighted by molar-refractivity contribution is -0.385. The van der Waals surface area contributed by atoms with Gasteiger partial charge >= 0.3 is 0 Å².